The molecule has 0 aromatic heterocycles. The van der Waals surface area contributed by atoms with Crippen molar-refractivity contribution in [2.24, 2.45) is 17.3 Å². The molecule has 1 aromatic rings. The molecule has 2 N–H and O–H groups in total. The highest BCUT2D eigenvalue weighted by Crippen LogP contribution is 2.64. The van der Waals surface area contributed by atoms with Crippen LogP contribution in [-0.2, 0) is 19.0 Å². The van der Waals surface area contributed by atoms with E-state index in [1.807, 2.05) is 12.1 Å². The minimum Gasteiger partial charge on any atom is -0.385 e. The van der Waals surface area contributed by atoms with Gasteiger partial charge in [0, 0.05) is 57.5 Å². The van der Waals surface area contributed by atoms with Crippen molar-refractivity contribution in [3.05, 3.63) is 46.5 Å². The standard InChI is InChI=1S/C28H38O6/c1-26-15-20(17-5-7-18(8-6-17)25(30)32-2)24-19(21(26)9-10-23(26)29)11-13-27(31)16-28(33-3,34-4)14-12-22(24)27/h5-8,19-21,25,30-31H,9-16H2,1-4H3/t19-,20+,21-,25?,26-,27+/m0/s1. The minimum atomic E-state index is -0.956. The van der Waals surface area contributed by atoms with Crippen LogP contribution < -0.4 is 0 Å². The van der Waals surface area contributed by atoms with Crippen LogP contribution in [-0.4, -0.2) is 48.7 Å². The van der Waals surface area contributed by atoms with Crippen molar-refractivity contribution >= 4 is 5.78 Å². The molecule has 4 aliphatic rings. The first-order valence-electron chi connectivity index (χ1n) is 12.6. The van der Waals surface area contributed by atoms with Crippen LogP contribution in [0.15, 0.2) is 35.4 Å². The van der Waals surface area contributed by atoms with Crippen molar-refractivity contribution in [1.82, 2.24) is 0 Å². The zero-order valence-electron chi connectivity index (χ0n) is 20.8. The molecule has 6 nitrogen and oxygen atoms in total. The summed E-state index contributed by atoms with van der Waals surface area (Å²) in [6, 6.07) is 7.93. The molecule has 6 atom stereocenters. The lowest BCUT2D eigenvalue weighted by atomic mass is 9.51. The molecule has 4 aliphatic carbocycles. The third-order valence-corrected chi connectivity index (χ3v) is 9.71. The van der Waals surface area contributed by atoms with Gasteiger partial charge < -0.3 is 24.4 Å². The lowest BCUT2D eigenvalue weighted by molar-refractivity contribution is -0.246. The lowest BCUT2D eigenvalue weighted by Gasteiger charge is -2.55. The fraction of sp³-hybridized carbons (Fsp3) is 0.679. The number of rotatable bonds is 5. The van der Waals surface area contributed by atoms with Crippen LogP contribution in [0.3, 0.4) is 0 Å². The highest BCUT2D eigenvalue weighted by atomic mass is 16.7. The summed E-state index contributed by atoms with van der Waals surface area (Å²) in [7, 11) is 4.80. The van der Waals surface area contributed by atoms with Crippen molar-refractivity contribution < 1.29 is 29.2 Å². The summed E-state index contributed by atoms with van der Waals surface area (Å²) < 4.78 is 16.6. The molecule has 5 rings (SSSR count). The van der Waals surface area contributed by atoms with Gasteiger partial charge in [-0.1, -0.05) is 36.8 Å². The van der Waals surface area contributed by atoms with E-state index in [0.29, 0.717) is 48.9 Å². The zero-order valence-corrected chi connectivity index (χ0v) is 20.8. The maximum absolute atomic E-state index is 13.1. The summed E-state index contributed by atoms with van der Waals surface area (Å²) in [6.07, 6.45) is 4.86. The van der Waals surface area contributed by atoms with Crippen LogP contribution in [0.1, 0.15) is 81.6 Å². The van der Waals surface area contributed by atoms with Crippen molar-refractivity contribution in [3.8, 4) is 0 Å². The molecule has 34 heavy (non-hydrogen) atoms. The number of aliphatic hydroxyl groups excluding tert-OH is 1. The van der Waals surface area contributed by atoms with Crippen molar-refractivity contribution in [3.63, 3.8) is 0 Å². The molecule has 0 saturated heterocycles. The fourth-order valence-electron chi connectivity index (χ4n) is 7.80. The lowest BCUT2D eigenvalue weighted by Crippen LogP contribution is -2.54. The number of carbonyl (C=O) groups excluding carboxylic acids is 1. The summed E-state index contributed by atoms with van der Waals surface area (Å²) in [6.45, 7) is 2.17. The van der Waals surface area contributed by atoms with Gasteiger partial charge in [0.15, 0.2) is 12.1 Å². The molecule has 0 radical (unpaired) electrons. The Labute approximate surface area is 202 Å². The number of carbonyl (C=O) groups is 1. The van der Waals surface area contributed by atoms with E-state index in [9.17, 15) is 15.0 Å². The number of methoxy groups -OCH3 is 3. The van der Waals surface area contributed by atoms with E-state index in [1.165, 1.54) is 12.7 Å². The molecule has 1 aromatic carbocycles. The van der Waals surface area contributed by atoms with E-state index < -0.39 is 17.7 Å². The van der Waals surface area contributed by atoms with E-state index in [4.69, 9.17) is 14.2 Å². The maximum atomic E-state index is 13.1. The molecule has 0 aliphatic heterocycles. The number of ether oxygens (including phenoxy) is 3. The summed E-state index contributed by atoms with van der Waals surface area (Å²) in [5.74, 6) is 0.356. The second-order valence-corrected chi connectivity index (χ2v) is 11.1. The van der Waals surface area contributed by atoms with E-state index in [2.05, 4.69) is 19.1 Å². The molecule has 0 bridgehead atoms. The third-order valence-electron chi connectivity index (χ3n) is 9.71. The summed E-state index contributed by atoms with van der Waals surface area (Å²) >= 11 is 0. The van der Waals surface area contributed by atoms with E-state index in [0.717, 1.165) is 36.8 Å². The Balaban J connectivity index is 1.61. The number of fused-ring (bicyclic) bond motifs is 4. The largest absolute Gasteiger partial charge is 0.385 e. The quantitative estimate of drug-likeness (QED) is 0.490. The second kappa shape index (κ2) is 8.52. The van der Waals surface area contributed by atoms with Gasteiger partial charge in [-0.2, -0.15) is 0 Å². The number of ketones is 1. The monoisotopic (exact) mass is 470 g/mol. The molecule has 3 fully saturated rings. The number of benzene rings is 1. The van der Waals surface area contributed by atoms with Crippen molar-refractivity contribution in [1.29, 1.82) is 0 Å². The number of aliphatic hydroxyl groups is 2. The smallest absolute Gasteiger partial charge is 0.180 e. The number of hydrogen-bond donors (Lipinski definition) is 2. The average molecular weight is 471 g/mol. The van der Waals surface area contributed by atoms with Gasteiger partial charge in [-0.3, -0.25) is 4.79 Å². The van der Waals surface area contributed by atoms with Gasteiger partial charge in [0.1, 0.15) is 5.78 Å². The van der Waals surface area contributed by atoms with Crippen LogP contribution in [0.5, 0.6) is 0 Å². The van der Waals surface area contributed by atoms with Crippen LogP contribution in [0.4, 0.5) is 0 Å². The van der Waals surface area contributed by atoms with E-state index >= 15 is 0 Å². The van der Waals surface area contributed by atoms with Crippen LogP contribution >= 0.6 is 0 Å². The van der Waals surface area contributed by atoms with Crippen LogP contribution in [0, 0.1) is 17.3 Å². The molecule has 0 heterocycles. The highest BCUT2D eigenvalue weighted by Gasteiger charge is 2.60. The third kappa shape index (κ3) is 3.53. The Bertz CT molecular complexity index is 979. The first kappa shape index (κ1) is 24.1. The van der Waals surface area contributed by atoms with Gasteiger partial charge in [0.2, 0.25) is 0 Å². The molecule has 0 spiro atoms. The molecule has 0 amide bonds. The summed E-state index contributed by atoms with van der Waals surface area (Å²) in [5.41, 5.74) is 3.08. The van der Waals surface area contributed by atoms with Crippen molar-refractivity contribution in [2.45, 2.75) is 81.9 Å². The van der Waals surface area contributed by atoms with Crippen LogP contribution in [0.2, 0.25) is 0 Å². The Kier molecular flexibility index (Phi) is 6.05. The van der Waals surface area contributed by atoms with Gasteiger partial charge >= 0.3 is 0 Å². The highest BCUT2D eigenvalue weighted by molar-refractivity contribution is 5.87. The molecule has 186 valence electrons. The van der Waals surface area contributed by atoms with Gasteiger partial charge in [-0.15, -0.1) is 0 Å². The van der Waals surface area contributed by atoms with Gasteiger partial charge in [0.05, 0.1) is 5.60 Å². The van der Waals surface area contributed by atoms with Crippen molar-refractivity contribution in [2.75, 3.05) is 21.3 Å². The maximum Gasteiger partial charge on any atom is 0.180 e. The zero-order chi connectivity index (χ0) is 24.3. The van der Waals surface area contributed by atoms with E-state index in [1.54, 1.807) is 14.2 Å². The molecule has 1 unspecified atom stereocenters. The normalized spacial score (nSPS) is 37.7. The Morgan fingerprint density at radius 3 is 2.38 bits per heavy atom. The SMILES string of the molecule is COC(O)c1ccc([C@H]2C[C@]3(C)C(=O)CC[C@H]3[C@@H]3CC[C@@]4(O)CC(OC)(OC)CCC4=C32)cc1. The van der Waals surface area contributed by atoms with E-state index in [-0.39, 0.29) is 11.3 Å². The summed E-state index contributed by atoms with van der Waals surface area (Å²) in [4.78, 5) is 13.1. The van der Waals surface area contributed by atoms with Gasteiger partial charge in [0.25, 0.3) is 0 Å². The number of hydrogen-bond acceptors (Lipinski definition) is 6. The molecular weight excluding hydrogens is 432 g/mol. The second-order valence-electron chi connectivity index (χ2n) is 11.1. The van der Waals surface area contributed by atoms with Crippen LogP contribution in [0.25, 0.3) is 0 Å². The molecule has 3 saturated carbocycles. The predicted octanol–water partition coefficient (Wildman–Crippen LogP) is 4.41. The number of Topliss-reactive ketones (excluding diaryl/α,β-unsaturated/α-hetero) is 1. The van der Waals surface area contributed by atoms with Gasteiger partial charge in [-0.05, 0) is 55.1 Å². The Hall–Kier alpha value is -1.57. The first-order chi connectivity index (χ1) is 16.2. The Morgan fingerprint density at radius 2 is 1.74 bits per heavy atom. The predicted molar refractivity (Wildman–Crippen MR) is 127 cm³/mol. The average Bonchev–Trinajstić information content (AvgIpc) is 3.16. The Morgan fingerprint density at radius 1 is 1.03 bits per heavy atom. The minimum absolute atomic E-state index is 0.0708. The topological polar surface area (TPSA) is 85.2 Å². The summed E-state index contributed by atoms with van der Waals surface area (Å²) in [5, 5.41) is 22.0. The number of allylic oxidation sites excluding steroid dienone is 1. The van der Waals surface area contributed by atoms with Gasteiger partial charge in [-0.25, -0.2) is 0 Å². The molecular formula is C28H38O6. The molecule has 6 heteroatoms. The fourth-order valence-corrected chi connectivity index (χ4v) is 7.80. The first-order valence-corrected chi connectivity index (χ1v) is 12.6.